The summed E-state index contributed by atoms with van der Waals surface area (Å²) in [5.41, 5.74) is 4.70. The molecule has 2 unspecified atom stereocenters. The lowest BCUT2D eigenvalue weighted by molar-refractivity contribution is -0.143. The standard InChI is InChI=1S/C27H34N2O5/c1-17(2)23(26(31)32)15-29-25(30)18(3)9-8-14-28-27(33)34-16-24-21-12-6-4-10-19(21)20-11-5-7-13-22(20)24/h4-7,10-13,17-18,23-24H,8-9,14-16H2,1-3H3,(H,28,33)(H,29,30)(H,31,32). The first kappa shape index (κ1) is 25.3. The van der Waals surface area contributed by atoms with Crippen LogP contribution in [-0.4, -0.2) is 42.8 Å². The fourth-order valence-electron chi connectivity index (χ4n) is 4.37. The Bertz CT molecular complexity index is 974. The van der Waals surface area contributed by atoms with Gasteiger partial charge in [0.1, 0.15) is 6.61 Å². The van der Waals surface area contributed by atoms with Crippen LogP contribution in [0.2, 0.25) is 0 Å². The van der Waals surface area contributed by atoms with E-state index < -0.39 is 18.0 Å². The molecular formula is C27H34N2O5. The number of carbonyl (C=O) groups excluding carboxylic acids is 2. The number of carboxylic acid groups (broad SMARTS) is 1. The number of amides is 2. The van der Waals surface area contributed by atoms with Gasteiger partial charge in [0.2, 0.25) is 5.91 Å². The highest BCUT2D eigenvalue weighted by Crippen LogP contribution is 2.44. The number of fused-ring (bicyclic) bond motifs is 3. The van der Waals surface area contributed by atoms with E-state index in [0.717, 1.165) is 0 Å². The van der Waals surface area contributed by atoms with Crippen LogP contribution in [0.25, 0.3) is 11.1 Å². The molecule has 1 aliphatic rings. The highest BCUT2D eigenvalue weighted by Gasteiger charge is 2.29. The topological polar surface area (TPSA) is 105 Å². The van der Waals surface area contributed by atoms with Crippen molar-refractivity contribution in [2.24, 2.45) is 17.8 Å². The second kappa shape index (κ2) is 11.7. The molecule has 0 spiro atoms. The fourth-order valence-corrected chi connectivity index (χ4v) is 4.37. The molecule has 1 aliphatic carbocycles. The molecule has 2 amide bonds. The lowest BCUT2D eigenvalue weighted by Crippen LogP contribution is -2.38. The zero-order valence-electron chi connectivity index (χ0n) is 20.0. The average Bonchev–Trinajstić information content (AvgIpc) is 3.13. The van der Waals surface area contributed by atoms with Gasteiger partial charge in [0.25, 0.3) is 0 Å². The van der Waals surface area contributed by atoms with Crippen LogP contribution in [0.15, 0.2) is 48.5 Å². The van der Waals surface area contributed by atoms with E-state index in [1.165, 1.54) is 22.3 Å². The third-order valence-corrected chi connectivity index (χ3v) is 6.49. The van der Waals surface area contributed by atoms with Gasteiger partial charge in [-0.15, -0.1) is 0 Å². The quantitative estimate of drug-likeness (QED) is 0.426. The molecule has 182 valence electrons. The van der Waals surface area contributed by atoms with E-state index in [0.29, 0.717) is 19.4 Å². The minimum absolute atomic E-state index is 0.0161. The van der Waals surface area contributed by atoms with Crippen molar-refractivity contribution in [3.05, 3.63) is 59.7 Å². The Kier molecular flexibility index (Phi) is 8.68. The SMILES string of the molecule is CC(CCCNC(=O)OCC1c2ccccc2-c2ccccc21)C(=O)NCC(C(=O)O)C(C)C. The third-order valence-electron chi connectivity index (χ3n) is 6.49. The first-order valence-corrected chi connectivity index (χ1v) is 11.9. The summed E-state index contributed by atoms with van der Waals surface area (Å²) >= 11 is 0. The van der Waals surface area contributed by atoms with Crippen LogP contribution in [0.5, 0.6) is 0 Å². The first-order valence-electron chi connectivity index (χ1n) is 11.9. The molecule has 7 heteroatoms. The van der Waals surface area contributed by atoms with Crippen LogP contribution in [0.3, 0.4) is 0 Å². The highest BCUT2D eigenvalue weighted by atomic mass is 16.5. The van der Waals surface area contributed by atoms with Crippen LogP contribution in [0.1, 0.15) is 50.7 Å². The van der Waals surface area contributed by atoms with Crippen molar-refractivity contribution in [3.63, 3.8) is 0 Å². The Morgan fingerprint density at radius 1 is 0.941 bits per heavy atom. The molecular weight excluding hydrogens is 432 g/mol. The van der Waals surface area contributed by atoms with E-state index >= 15 is 0 Å². The van der Waals surface area contributed by atoms with Crippen molar-refractivity contribution < 1.29 is 24.2 Å². The Morgan fingerprint density at radius 2 is 1.53 bits per heavy atom. The number of hydrogen-bond acceptors (Lipinski definition) is 4. The molecule has 2 atom stereocenters. The van der Waals surface area contributed by atoms with Crippen molar-refractivity contribution in [1.82, 2.24) is 10.6 Å². The minimum atomic E-state index is -0.907. The number of carbonyl (C=O) groups is 3. The molecule has 0 heterocycles. The largest absolute Gasteiger partial charge is 0.481 e. The molecule has 0 bridgehead atoms. The summed E-state index contributed by atoms with van der Waals surface area (Å²) in [4.78, 5) is 35.7. The van der Waals surface area contributed by atoms with Crippen molar-refractivity contribution >= 4 is 18.0 Å². The number of ether oxygens (including phenoxy) is 1. The van der Waals surface area contributed by atoms with Gasteiger partial charge in [0.05, 0.1) is 5.92 Å². The van der Waals surface area contributed by atoms with E-state index in [9.17, 15) is 19.5 Å². The number of alkyl carbamates (subject to hydrolysis) is 1. The molecule has 0 fully saturated rings. The highest BCUT2D eigenvalue weighted by molar-refractivity contribution is 5.80. The number of carboxylic acids is 1. The maximum atomic E-state index is 12.3. The second-order valence-corrected chi connectivity index (χ2v) is 9.23. The molecule has 3 N–H and O–H groups in total. The monoisotopic (exact) mass is 466 g/mol. The summed E-state index contributed by atoms with van der Waals surface area (Å²) in [6.45, 7) is 6.23. The van der Waals surface area contributed by atoms with Crippen molar-refractivity contribution in [3.8, 4) is 11.1 Å². The Hall–Kier alpha value is -3.35. The zero-order valence-corrected chi connectivity index (χ0v) is 20.0. The maximum Gasteiger partial charge on any atom is 0.407 e. The lowest BCUT2D eigenvalue weighted by Gasteiger charge is -2.18. The fraction of sp³-hybridized carbons (Fsp3) is 0.444. The molecule has 7 nitrogen and oxygen atoms in total. The number of rotatable bonds is 11. The molecule has 0 aliphatic heterocycles. The second-order valence-electron chi connectivity index (χ2n) is 9.23. The Labute approximate surface area is 200 Å². The predicted octanol–water partition coefficient (Wildman–Crippen LogP) is 4.41. The van der Waals surface area contributed by atoms with Gasteiger partial charge in [-0.25, -0.2) is 4.79 Å². The number of nitrogens with one attached hydrogen (secondary N) is 2. The van der Waals surface area contributed by atoms with Crippen LogP contribution >= 0.6 is 0 Å². The van der Waals surface area contributed by atoms with Crippen LogP contribution in [-0.2, 0) is 14.3 Å². The predicted molar refractivity (Wildman–Crippen MR) is 130 cm³/mol. The van der Waals surface area contributed by atoms with E-state index in [2.05, 4.69) is 34.9 Å². The van der Waals surface area contributed by atoms with E-state index in [-0.39, 0.29) is 36.8 Å². The summed E-state index contributed by atoms with van der Waals surface area (Å²) in [7, 11) is 0. The molecule has 0 saturated carbocycles. The molecule has 0 aromatic heterocycles. The normalized spacial score (nSPS) is 14.1. The smallest absolute Gasteiger partial charge is 0.407 e. The third kappa shape index (κ3) is 6.16. The Balaban J connectivity index is 1.38. The van der Waals surface area contributed by atoms with Gasteiger partial charge in [-0.3, -0.25) is 9.59 Å². The zero-order chi connectivity index (χ0) is 24.7. The van der Waals surface area contributed by atoms with Crippen LogP contribution in [0, 0.1) is 17.8 Å². The van der Waals surface area contributed by atoms with Crippen molar-refractivity contribution in [1.29, 1.82) is 0 Å². The summed E-state index contributed by atoms with van der Waals surface area (Å²) in [5.74, 6) is -2.00. The van der Waals surface area contributed by atoms with Gasteiger partial charge in [0, 0.05) is 24.9 Å². The Morgan fingerprint density at radius 3 is 2.09 bits per heavy atom. The van der Waals surface area contributed by atoms with Gasteiger partial charge in [-0.1, -0.05) is 69.3 Å². The number of aliphatic carboxylic acids is 1. The van der Waals surface area contributed by atoms with E-state index in [1.807, 2.05) is 38.1 Å². The summed E-state index contributed by atoms with van der Waals surface area (Å²) < 4.78 is 5.52. The van der Waals surface area contributed by atoms with E-state index in [4.69, 9.17) is 4.74 Å². The summed E-state index contributed by atoms with van der Waals surface area (Å²) in [5, 5.41) is 14.7. The van der Waals surface area contributed by atoms with Gasteiger partial charge in [0.15, 0.2) is 0 Å². The molecule has 3 rings (SSSR count). The molecule has 2 aromatic carbocycles. The van der Waals surface area contributed by atoms with Gasteiger partial charge >= 0.3 is 12.1 Å². The average molecular weight is 467 g/mol. The molecule has 34 heavy (non-hydrogen) atoms. The van der Waals surface area contributed by atoms with Gasteiger partial charge in [-0.2, -0.15) is 0 Å². The van der Waals surface area contributed by atoms with Crippen LogP contribution < -0.4 is 10.6 Å². The summed E-state index contributed by atoms with van der Waals surface area (Å²) in [6.07, 6.45) is 0.723. The van der Waals surface area contributed by atoms with Crippen molar-refractivity contribution in [2.75, 3.05) is 19.7 Å². The first-order chi connectivity index (χ1) is 16.3. The molecule has 0 radical (unpaired) electrons. The van der Waals surface area contributed by atoms with Gasteiger partial charge < -0.3 is 20.5 Å². The minimum Gasteiger partial charge on any atom is -0.481 e. The van der Waals surface area contributed by atoms with Crippen molar-refractivity contribution in [2.45, 2.75) is 39.5 Å². The maximum absolute atomic E-state index is 12.3. The summed E-state index contributed by atoms with van der Waals surface area (Å²) in [6, 6.07) is 16.4. The van der Waals surface area contributed by atoms with Gasteiger partial charge in [-0.05, 0) is 41.0 Å². The molecule has 0 saturated heterocycles. The number of hydrogen-bond donors (Lipinski definition) is 3. The molecule has 2 aromatic rings. The number of benzene rings is 2. The lowest BCUT2D eigenvalue weighted by atomic mass is 9.95. The van der Waals surface area contributed by atoms with Crippen LogP contribution in [0.4, 0.5) is 4.79 Å². The van der Waals surface area contributed by atoms with E-state index in [1.54, 1.807) is 6.92 Å².